The van der Waals surface area contributed by atoms with E-state index in [0.29, 0.717) is 17.9 Å². The van der Waals surface area contributed by atoms with Gasteiger partial charge in [-0.25, -0.2) is 4.98 Å². The van der Waals surface area contributed by atoms with E-state index in [1.165, 1.54) is 27.8 Å². The lowest BCUT2D eigenvalue weighted by molar-refractivity contribution is 0.556. The van der Waals surface area contributed by atoms with Crippen LogP contribution in [0, 0.1) is 6.92 Å². The van der Waals surface area contributed by atoms with E-state index in [1.807, 2.05) is 6.07 Å². The molecule has 2 aromatic carbocycles. The van der Waals surface area contributed by atoms with Crippen LogP contribution in [0.15, 0.2) is 59.1 Å². The van der Waals surface area contributed by atoms with Crippen molar-refractivity contribution in [3.05, 3.63) is 71.4 Å². The van der Waals surface area contributed by atoms with Crippen LogP contribution in [-0.4, -0.2) is 17.6 Å². The molecule has 2 bridgehead atoms. The van der Waals surface area contributed by atoms with Gasteiger partial charge in [-0.15, -0.1) is 0 Å². The van der Waals surface area contributed by atoms with Crippen LogP contribution in [-0.2, 0) is 0 Å². The molecule has 3 nitrogen and oxygen atoms in total. The number of para-hydroxylation sites is 1. The van der Waals surface area contributed by atoms with Crippen molar-refractivity contribution in [3.8, 4) is 0 Å². The first-order valence-corrected chi connectivity index (χ1v) is 9.36. The molecule has 0 aliphatic carbocycles. The van der Waals surface area contributed by atoms with E-state index >= 15 is 0 Å². The number of nitrogens with zero attached hydrogens (tertiary/aromatic N) is 2. The van der Waals surface area contributed by atoms with Gasteiger partial charge in [0.1, 0.15) is 5.58 Å². The summed E-state index contributed by atoms with van der Waals surface area (Å²) in [6.07, 6.45) is 1.80. The Morgan fingerprint density at radius 3 is 2.85 bits per heavy atom. The summed E-state index contributed by atoms with van der Waals surface area (Å²) in [6.45, 7) is 5.69. The van der Waals surface area contributed by atoms with Crippen LogP contribution in [0.5, 0.6) is 0 Å². The van der Waals surface area contributed by atoms with E-state index in [0.717, 1.165) is 23.2 Å². The molecule has 3 heteroatoms. The average Bonchev–Trinajstić information content (AvgIpc) is 3.32. The first kappa shape index (κ1) is 14.4. The van der Waals surface area contributed by atoms with Gasteiger partial charge in [-0.1, -0.05) is 30.3 Å². The van der Waals surface area contributed by atoms with Crippen molar-refractivity contribution in [1.29, 1.82) is 0 Å². The molecule has 4 heterocycles. The Morgan fingerprint density at radius 1 is 1.04 bits per heavy atom. The molecule has 3 atom stereocenters. The molecule has 1 fully saturated rings. The Balaban J connectivity index is 1.63. The van der Waals surface area contributed by atoms with Crippen molar-refractivity contribution < 1.29 is 4.42 Å². The first-order chi connectivity index (χ1) is 12.7. The minimum absolute atomic E-state index is 0.453. The largest absolute Gasteiger partial charge is 0.437 e. The highest BCUT2D eigenvalue weighted by Crippen LogP contribution is 2.55. The highest BCUT2D eigenvalue weighted by Gasteiger charge is 2.48. The predicted octanol–water partition coefficient (Wildman–Crippen LogP) is 5.38. The third kappa shape index (κ3) is 1.66. The normalized spacial score (nSPS) is 23.9. The molecule has 0 saturated carbocycles. The molecule has 2 aliphatic heterocycles. The fourth-order valence-corrected chi connectivity index (χ4v) is 5.34. The summed E-state index contributed by atoms with van der Waals surface area (Å²) in [5.41, 5.74) is 7.36. The topological polar surface area (TPSA) is 29.3 Å². The summed E-state index contributed by atoms with van der Waals surface area (Å²) < 4.78 is 6.29. The molecular weight excluding hydrogens is 320 g/mol. The lowest BCUT2D eigenvalue weighted by atomic mass is 9.77. The molecule has 2 unspecified atom stereocenters. The zero-order valence-corrected chi connectivity index (χ0v) is 14.9. The standard InChI is InChI=1S/C23H20N2O/c1-13-9-10-16-17-7-5-11-24-23(17)26-22(16)20(13)21-14(2)25-12-18(21)15-6-3-4-8-19(15)25/h3-11,14,18,21H,12H2,1-2H3/t14-,18?,21?/m1/s1. The molecule has 26 heavy (non-hydrogen) atoms. The molecule has 1 saturated heterocycles. The minimum Gasteiger partial charge on any atom is -0.437 e. The SMILES string of the molecule is Cc1ccc2c(oc3ncccc32)c1C1C2CN(c3ccccc32)[C@@H]1C. The van der Waals surface area contributed by atoms with E-state index in [2.05, 4.69) is 66.2 Å². The number of rotatable bonds is 1. The van der Waals surface area contributed by atoms with Crippen molar-refractivity contribution in [1.82, 2.24) is 4.98 Å². The number of benzene rings is 2. The van der Waals surface area contributed by atoms with E-state index in [-0.39, 0.29) is 0 Å². The molecule has 2 aliphatic rings. The van der Waals surface area contributed by atoms with Crippen molar-refractivity contribution in [3.63, 3.8) is 0 Å². The molecule has 6 rings (SSSR count). The Kier molecular flexibility index (Phi) is 2.70. The molecule has 0 spiro atoms. The molecule has 0 radical (unpaired) electrons. The maximum atomic E-state index is 6.29. The maximum absolute atomic E-state index is 6.29. The number of aryl methyl sites for hydroxylation is 1. The predicted molar refractivity (Wildman–Crippen MR) is 105 cm³/mol. The number of hydrogen-bond donors (Lipinski definition) is 0. The highest BCUT2D eigenvalue weighted by molar-refractivity contribution is 6.05. The molecular formula is C23H20N2O. The zero-order chi connectivity index (χ0) is 17.4. The second kappa shape index (κ2) is 4.88. The maximum Gasteiger partial charge on any atom is 0.227 e. The highest BCUT2D eigenvalue weighted by atomic mass is 16.3. The quantitative estimate of drug-likeness (QED) is 0.466. The summed E-state index contributed by atoms with van der Waals surface area (Å²) in [7, 11) is 0. The molecule has 128 valence electrons. The summed E-state index contributed by atoms with van der Waals surface area (Å²) >= 11 is 0. The van der Waals surface area contributed by atoms with E-state index in [1.54, 1.807) is 6.20 Å². The summed E-state index contributed by atoms with van der Waals surface area (Å²) in [5, 5.41) is 2.30. The third-order valence-electron chi connectivity index (χ3n) is 6.49. The lowest BCUT2D eigenvalue weighted by Crippen LogP contribution is -2.31. The van der Waals surface area contributed by atoms with Gasteiger partial charge in [0.15, 0.2) is 0 Å². The van der Waals surface area contributed by atoms with Crippen LogP contribution in [0.3, 0.4) is 0 Å². The number of hydrogen-bond acceptors (Lipinski definition) is 3. The molecule has 4 aromatic rings. The van der Waals surface area contributed by atoms with Gasteiger partial charge in [0.05, 0.1) is 0 Å². The van der Waals surface area contributed by atoms with Gasteiger partial charge in [0.25, 0.3) is 0 Å². The van der Waals surface area contributed by atoms with Crippen LogP contribution < -0.4 is 4.90 Å². The van der Waals surface area contributed by atoms with Crippen LogP contribution >= 0.6 is 0 Å². The van der Waals surface area contributed by atoms with Gasteiger partial charge < -0.3 is 9.32 Å². The zero-order valence-electron chi connectivity index (χ0n) is 14.9. The van der Waals surface area contributed by atoms with Crippen LogP contribution in [0.25, 0.3) is 22.1 Å². The molecule has 2 aromatic heterocycles. The monoisotopic (exact) mass is 340 g/mol. The van der Waals surface area contributed by atoms with Gasteiger partial charge in [-0.3, -0.25) is 0 Å². The van der Waals surface area contributed by atoms with Crippen molar-refractivity contribution >= 4 is 27.8 Å². The van der Waals surface area contributed by atoms with Crippen LogP contribution in [0.2, 0.25) is 0 Å². The first-order valence-electron chi connectivity index (χ1n) is 9.36. The second-order valence-corrected chi connectivity index (χ2v) is 7.72. The summed E-state index contributed by atoms with van der Waals surface area (Å²) in [6, 6.07) is 17.9. The fraction of sp³-hybridized carbons (Fsp3) is 0.261. The molecule has 0 N–H and O–H groups in total. The van der Waals surface area contributed by atoms with E-state index in [9.17, 15) is 0 Å². The van der Waals surface area contributed by atoms with Gasteiger partial charge in [0.2, 0.25) is 5.71 Å². The van der Waals surface area contributed by atoms with Gasteiger partial charge in [-0.2, -0.15) is 0 Å². The Hall–Kier alpha value is -2.81. The van der Waals surface area contributed by atoms with Crippen molar-refractivity contribution in [2.45, 2.75) is 31.7 Å². The minimum atomic E-state index is 0.453. The van der Waals surface area contributed by atoms with Gasteiger partial charge >= 0.3 is 0 Å². The smallest absolute Gasteiger partial charge is 0.227 e. The Labute approximate surface area is 152 Å². The number of fused-ring (bicyclic) bond motifs is 8. The number of furan rings is 1. The Morgan fingerprint density at radius 2 is 1.92 bits per heavy atom. The third-order valence-corrected chi connectivity index (χ3v) is 6.49. The molecule has 0 amide bonds. The van der Waals surface area contributed by atoms with E-state index in [4.69, 9.17) is 4.42 Å². The van der Waals surface area contributed by atoms with Crippen molar-refractivity contribution in [2.24, 2.45) is 0 Å². The van der Waals surface area contributed by atoms with Crippen LogP contribution in [0.1, 0.15) is 35.4 Å². The van der Waals surface area contributed by atoms with Gasteiger partial charge in [0, 0.05) is 52.6 Å². The average molecular weight is 340 g/mol. The van der Waals surface area contributed by atoms with Crippen LogP contribution in [0.4, 0.5) is 5.69 Å². The second-order valence-electron chi connectivity index (χ2n) is 7.72. The van der Waals surface area contributed by atoms with Gasteiger partial charge in [-0.05, 0) is 43.2 Å². The van der Waals surface area contributed by atoms with Crippen molar-refractivity contribution in [2.75, 3.05) is 11.4 Å². The summed E-state index contributed by atoms with van der Waals surface area (Å²) in [4.78, 5) is 7.01. The van der Waals surface area contributed by atoms with E-state index < -0.39 is 0 Å². The lowest BCUT2D eigenvalue weighted by Gasteiger charge is -2.33. The Bertz CT molecular complexity index is 1180. The summed E-state index contributed by atoms with van der Waals surface area (Å²) in [5.74, 6) is 0.987. The number of anilines is 1. The number of pyridine rings is 1. The fourth-order valence-electron chi connectivity index (χ4n) is 5.34. The number of aromatic nitrogens is 1.